The molecular formula is C26H35N3O5P+. The lowest BCUT2D eigenvalue weighted by Crippen LogP contribution is -2.45. The van der Waals surface area contributed by atoms with Crippen molar-refractivity contribution in [2.75, 3.05) is 32.0 Å². The van der Waals surface area contributed by atoms with E-state index in [1.165, 1.54) is 4.67 Å². The highest BCUT2D eigenvalue weighted by Gasteiger charge is 2.57. The first kappa shape index (κ1) is 25.6. The van der Waals surface area contributed by atoms with E-state index in [4.69, 9.17) is 19.7 Å². The number of nitrogen functional groups attached to an aromatic ring is 1. The molecule has 0 radical (unpaired) electrons. The first-order chi connectivity index (χ1) is 16.9. The van der Waals surface area contributed by atoms with E-state index in [0.717, 1.165) is 23.4 Å². The van der Waals surface area contributed by atoms with Crippen molar-refractivity contribution >= 4 is 20.0 Å². The number of carbonyl (C=O) groups is 1. The Kier molecular flexibility index (Phi) is 8.74. The van der Waals surface area contributed by atoms with Crippen LogP contribution in [0.2, 0.25) is 0 Å². The number of hydrogen-bond donors (Lipinski definition) is 1. The zero-order valence-electron chi connectivity index (χ0n) is 20.4. The molecule has 35 heavy (non-hydrogen) atoms. The van der Waals surface area contributed by atoms with Crippen molar-refractivity contribution in [3.8, 4) is 0 Å². The number of amides is 1. The Morgan fingerprint density at radius 3 is 2.57 bits per heavy atom. The predicted molar refractivity (Wildman–Crippen MR) is 135 cm³/mol. The van der Waals surface area contributed by atoms with E-state index in [1.807, 2.05) is 54.6 Å². The van der Waals surface area contributed by atoms with Crippen LogP contribution >= 0.6 is 8.18 Å². The van der Waals surface area contributed by atoms with Crippen molar-refractivity contribution in [1.82, 2.24) is 9.57 Å². The molecule has 1 unspecified atom stereocenters. The smallest absolute Gasteiger partial charge is 0.441 e. The molecule has 2 N–H and O–H groups in total. The summed E-state index contributed by atoms with van der Waals surface area (Å²) in [7, 11) is -2.35. The fourth-order valence-corrected chi connectivity index (χ4v) is 5.80. The second kappa shape index (κ2) is 12.0. The first-order valence-corrected chi connectivity index (χ1v) is 13.3. The van der Waals surface area contributed by atoms with Crippen molar-refractivity contribution in [2.45, 2.75) is 51.5 Å². The van der Waals surface area contributed by atoms with E-state index in [1.54, 1.807) is 0 Å². The summed E-state index contributed by atoms with van der Waals surface area (Å²) in [5.74, 6) is 0.426. The number of hydrogen-bond acceptors (Lipinski definition) is 7. The predicted octanol–water partition coefficient (Wildman–Crippen LogP) is 4.62. The summed E-state index contributed by atoms with van der Waals surface area (Å²) in [5.41, 5.74) is 8.77. The molecule has 2 aliphatic heterocycles. The summed E-state index contributed by atoms with van der Waals surface area (Å²) in [5, 5.41) is 0. The molecular weight excluding hydrogens is 465 g/mol. The Balaban J connectivity index is 1.54. The van der Waals surface area contributed by atoms with E-state index in [0.29, 0.717) is 45.1 Å². The normalized spacial score (nSPS) is 23.4. The second-order valence-corrected chi connectivity index (χ2v) is 10.8. The average molecular weight is 501 g/mol. The minimum absolute atomic E-state index is 0.315. The number of nitrogens with zero attached hydrogens (tertiary/aromatic N) is 2. The van der Waals surface area contributed by atoms with Gasteiger partial charge in [-0.2, -0.15) is 0 Å². The lowest BCUT2D eigenvalue weighted by molar-refractivity contribution is 0.0593. The van der Waals surface area contributed by atoms with Crippen molar-refractivity contribution in [1.29, 1.82) is 0 Å². The lowest BCUT2D eigenvalue weighted by Gasteiger charge is -2.28. The summed E-state index contributed by atoms with van der Waals surface area (Å²) in [4.78, 5) is 15.4. The molecule has 2 fully saturated rings. The molecule has 0 aromatic heterocycles. The highest BCUT2D eigenvalue weighted by molar-refractivity contribution is 7.37. The second-order valence-electron chi connectivity index (χ2n) is 9.68. The van der Waals surface area contributed by atoms with Gasteiger partial charge in [0.2, 0.25) is 0 Å². The number of anilines is 1. The maximum absolute atomic E-state index is 13.1. The SMILES string of the molecule is CC(C)CN(Cc1ccc(N)cc1)C[C@H]1O[P+](=O)N(C(=O)O[C@H]2CCOC2)[C@H]1Cc1ccccc1. The van der Waals surface area contributed by atoms with Crippen LogP contribution in [0.3, 0.4) is 0 Å². The van der Waals surface area contributed by atoms with Crippen molar-refractivity contribution in [3.05, 3.63) is 65.7 Å². The molecule has 4 rings (SSSR count). The topological polar surface area (TPSA) is 94.3 Å². The lowest BCUT2D eigenvalue weighted by atomic mass is 10.00. The number of nitrogens with two attached hydrogens (primary N) is 1. The molecule has 8 nitrogen and oxygen atoms in total. The van der Waals surface area contributed by atoms with Gasteiger partial charge in [-0.3, -0.25) is 4.90 Å². The number of ether oxygens (including phenoxy) is 2. The van der Waals surface area contributed by atoms with Crippen LogP contribution in [0.25, 0.3) is 0 Å². The molecule has 2 heterocycles. The fraction of sp³-hybridized carbons (Fsp3) is 0.500. The fourth-order valence-electron chi connectivity index (χ4n) is 4.60. The molecule has 188 valence electrons. The summed E-state index contributed by atoms with van der Waals surface area (Å²) in [6.45, 7) is 7.35. The maximum Gasteiger partial charge on any atom is 0.652 e. The van der Waals surface area contributed by atoms with Crippen LogP contribution in [-0.2, 0) is 31.5 Å². The molecule has 4 atom stereocenters. The number of benzene rings is 2. The molecule has 0 spiro atoms. The van der Waals surface area contributed by atoms with Gasteiger partial charge in [-0.15, -0.1) is 4.52 Å². The van der Waals surface area contributed by atoms with Crippen LogP contribution in [0.15, 0.2) is 54.6 Å². The van der Waals surface area contributed by atoms with Crippen molar-refractivity contribution in [3.63, 3.8) is 0 Å². The largest absolute Gasteiger partial charge is 0.652 e. The van der Waals surface area contributed by atoms with Crippen LogP contribution in [0, 0.1) is 5.92 Å². The van der Waals surface area contributed by atoms with E-state index in [2.05, 4.69) is 18.7 Å². The average Bonchev–Trinajstić information content (AvgIpc) is 3.43. The third-order valence-corrected chi connectivity index (χ3v) is 7.49. The van der Waals surface area contributed by atoms with Crippen molar-refractivity contribution in [2.24, 2.45) is 5.92 Å². The molecule has 2 aliphatic rings. The van der Waals surface area contributed by atoms with Gasteiger partial charge in [0.1, 0.15) is 12.1 Å². The van der Waals surface area contributed by atoms with Gasteiger partial charge in [-0.1, -0.05) is 61.0 Å². The van der Waals surface area contributed by atoms with Crippen LogP contribution in [0.5, 0.6) is 0 Å². The Hall–Kier alpha value is -2.51. The molecule has 2 aromatic carbocycles. The summed E-state index contributed by atoms with van der Waals surface area (Å²) in [6, 6.07) is 17.3. The van der Waals surface area contributed by atoms with Gasteiger partial charge in [0.15, 0.2) is 6.10 Å². The highest BCUT2D eigenvalue weighted by Crippen LogP contribution is 2.44. The minimum atomic E-state index is -2.35. The molecule has 0 aliphatic carbocycles. The summed E-state index contributed by atoms with van der Waals surface area (Å²) < 4.78 is 31.3. The highest BCUT2D eigenvalue weighted by atomic mass is 31.1. The van der Waals surface area contributed by atoms with Gasteiger partial charge >= 0.3 is 14.3 Å². The van der Waals surface area contributed by atoms with E-state index < -0.39 is 26.4 Å². The van der Waals surface area contributed by atoms with Crippen LogP contribution < -0.4 is 5.73 Å². The quantitative estimate of drug-likeness (QED) is 0.397. The number of carbonyl (C=O) groups excluding carboxylic acids is 1. The van der Waals surface area contributed by atoms with Gasteiger partial charge < -0.3 is 15.2 Å². The van der Waals surface area contributed by atoms with E-state index in [-0.39, 0.29) is 6.10 Å². The Bertz CT molecular complexity index is 982. The number of rotatable bonds is 9. The van der Waals surface area contributed by atoms with E-state index >= 15 is 0 Å². The molecule has 0 bridgehead atoms. The van der Waals surface area contributed by atoms with Crippen LogP contribution in [-0.4, -0.2) is 60.2 Å². The summed E-state index contributed by atoms with van der Waals surface area (Å²) in [6.07, 6.45) is -0.156. The molecule has 0 saturated carbocycles. The third-order valence-electron chi connectivity index (χ3n) is 6.22. The first-order valence-electron chi connectivity index (χ1n) is 12.2. The van der Waals surface area contributed by atoms with Gasteiger partial charge in [0.25, 0.3) is 0 Å². The Morgan fingerprint density at radius 1 is 1.17 bits per heavy atom. The van der Waals surface area contributed by atoms with Gasteiger partial charge in [-0.05, 0) is 33.7 Å². The van der Waals surface area contributed by atoms with Crippen molar-refractivity contribution < 1.29 is 23.4 Å². The Labute approximate surface area is 208 Å². The van der Waals surface area contributed by atoms with Gasteiger partial charge in [0, 0.05) is 38.2 Å². The molecule has 1 amide bonds. The van der Waals surface area contributed by atoms with Crippen LogP contribution in [0.1, 0.15) is 31.4 Å². The molecule has 2 aromatic rings. The zero-order valence-corrected chi connectivity index (χ0v) is 21.3. The monoisotopic (exact) mass is 500 g/mol. The maximum atomic E-state index is 13.1. The molecule has 9 heteroatoms. The van der Waals surface area contributed by atoms with Gasteiger partial charge in [0.05, 0.1) is 13.2 Å². The minimum Gasteiger partial charge on any atom is -0.441 e. The van der Waals surface area contributed by atoms with Crippen LogP contribution in [0.4, 0.5) is 10.5 Å². The van der Waals surface area contributed by atoms with Gasteiger partial charge in [-0.25, -0.2) is 4.79 Å². The third kappa shape index (κ3) is 7.01. The summed E-state index contributed by atoms with van der Waals surface area (Å²) >= 11 is 0. The standard InChI is InChI=1S/C26H35N3O5P/c1-19(2)15-28(16-21-8-10-22(27)11-9-21)17-25-24(14-20-6-4-3-5-7-20)29(35(31)34-25)26(30)33-23-12-13-32-18-23/h3-11,19,23-25H,12-18,27H2,1-2H3/q+1/t23-,24-,25+/m0/s1. The van der Waals surface area contributed by atoms with E-state index in [9.17, 15) is 9.36 Å². The molecule has 2 saturated heterocycles. The Morgan fingerprint density at radius 2 is 1.91 bits per heavy atom. The zero-order chi connectivity index (χ0) is 24.8.